The van der Waals surface area contributed by atoms with Crippen LogP contribution in [-0.4, -0.2) is 35.3 Å². The Balaban J connectivity index is 0.000000325. The van der Waals surface area contributed by atoms with Gasteiger partial charge in [-0.15, -0.1) is 0 Å². The number of benzene rings is 2. The highest BCUT2D eigenvalue weighted by Gasteiger charge is 2.15. The Morgan fingerprint density at radius 2 is 1.53 bits per heavy atom. The first kappa shape index (κ1) is 25.2. The van der Waals surface area contributed by atoms with Crippen LogP contribution < -0.4 is 0 Å². The van der Waals surface area contributed by atoms with E-state index in [1.807, 2.05) is 0 Å². The van der Waals surface area contributed by atoms with E-state index in [-0.39, 0.29) is 17.2 Å². The summed E-state index contributed by atoms with van der Waals surface area (Å²) in [6.45, 7) is 3.72. The number of aryl methyl sites for hydroxylation is 1. The molecule has 2 aromatic rings. The molecule has 0 saturated carbocycles. The number of hydrogen-bond acceptors (Lipinski definition) is 7. The fourth-order valence-corrected chi connectivity index (χ4v) is 3.86. The normalized spacial score (nSPS) is 11.4. The summed E-state index contributed by atoms with van der Waals surface area (Å²) in [6.07, 6.45) is 6.87. The summed E-state index contributed by atoms with van der Waals surface area (Å²) < 4.78 is 11.9. The van der Waals surface area contributed by atoms with Gasteiger partial charge in [0, 0.05) is 5.75 Å². The topological polar surface area (TPSA) is 141 Å². The highest BCUT2D eigenvalue weighted by molar-refractivity contribution is 7.85. The number of rotatable bonds is 9. The number of phenolic OH excluding ortho intramolecular Hbond substituents is 4. The Kier molecular flexibility index (Phi) is 10.7. The van der Waals surface area contributed by atoms with Gasteiger partial charge < -0.3 is 20.4 Å². The van der Waals surface area contributed by atoms with Gasteiger partial charge >= 0.3 is 5.69 Å². The van der Waals surface area contributed by atoms with Gasteiger partial charge in [0.15, 0.2) is 5.75 Å². The van der Waals surface area contributed by atoms with Crippen LogP contribution in [0.3, 0.4) is 0 Å². The van der Waals surface area contributed by atoms with Crippen molar-refractivity contribution in [3.63, 3.8) is 0 Å². The fraction of sp³-hybridized carbons (Fsp3) is 0.429. The Morgan fingerprint density at radius 1 is 0.900 bits per heavy atom. The molecule has 4 N–H and O–H groups in total. The van der Waals surface area contributed by atoms with E-state index >= 15 is 0 Å². The van der Waals surface area contributed by atoms with Gasteiger partial charge in [0.25, 0.3) is 0 Å². The smallest absolute Gasteiger partial charge is 0.314 e. The van der Waals surface area contributed by atoms with E-state index in [1.165, 1.54) is 43.9 Å². The fourth-order valence-electron chi connectivity index (χ4n) is 2.63. The minimum absolute atomic E-state index is 0.00267. The van der Waals surface area contributed by atoms with Crippen molar-refractivity contribution in [1.82, 2.24) is 0 Å². The summed E-state index contributed by atoms with van der Waals surface area (Å²) >= 11 is 0. The predicted molar refractivity (Wildman–Crippen MR) is 116 cm³/mol. The maximum atomic E-state index is 11.9. The van der Waals surface area contributed by atoms with Crippen LogP contribution in [0.5, 0.6) is 23.0 Å². The maximum absolute atomic E-state index is 11.9. The number of hydrogen-bond donors (Lipinski definition) is 4. The number of aromatic hydroxyl groups is 4. The molecule has 0 amide bonds. The SMILES string of the molecule is CCCCCCCCS(=O)c1cc(O)ccc1O.Cc1cc(O)c([N+](=O)[O-])cc1O. The first-order valence-electron chi connectivity index (χ1n) is 9.74. The van der Waals surface area contributed by atoms with Crippen molar-refractivity contribution in [1.29, 1.82) is 0 Å². The monoisotopic (exact) mass is 439 g/mol. The van der Waals surface area contributed by atoms with Crippen LogP contribution in [0.2, 0.25) is 0 Å². The molecule has 0 heterocycles. The third kappa shape index (κ3) is 8.28. The summed E-state index contributed by atoms with van der Waals surface area (Å²) in [5.41, 5.74) is -0.0869. The van der Waals surface area contributed by atoms with Gasteiger partial charge in [-0.2, -0.15) is 0 Å². The van der Waals surface area contributed by atoms with Crippen molar-refractivity contribution < 1.29 is 29.6 Å². The van der Waals surface area contributed by atoms with Gasteiger partial charge in [-0.05, 0) is 43.2 Å². The maximum Gasteiger partial charge on any atom is 0.314 e. The summed E-state index contributed by atoms with van der Waals surface area (Å²) in [6, 6.07) is 6.21. The van der Waals surface area contributed by atoms with Gasteiger partial charge in [-0.25, -0.2) is 0 Å². The lowest BCUT2D eigenvalue weighted by Crippen LogP contribution is -1.98. The Morgan fingerprint density at radius 3 is 2.17 bits per heavy atom. The lowest BCUT2D eigenvalue weighted by atomic mass is 10.1. The molecule has 2 aromatic carbocycles. The van der Waals surface area contributed by atoms with E-state index in [0.717, 1.165) is 25.0 Å². The van der Waals surface area contributed by atoms with Crippen LogP contribution in [0, 0.1) is 17.0 Å². The first-order valence-corrected chi connectivity index (χ1v) is 11.1. The number of unbranched alkanes of at least 4 members (excludes halogenated alkanes) is 5. The molecule has 0 aliphatic heterocycles. The quantitative estimate of drug-likeness (QED) is 0.189. The average molecular weight is 440 g/mol. The first-order chi connectivity index (χ1) is 14.2. The van der Waals surface area contributed by atoms with Crippen LogP contribution in [0.4, 0.5) is 5.69 Å². The third-order valence-corrected chi connectivity index (χ3v) is 5.84. The number of nitro benzene ring substituents is 1. The van der Waals surface area contributed by atoms with Crippen molar-refractivity contribution in [3.8, 4) is 23.0 Å². The molecular weight excluding hydrogens is 410 g/mol. The molecule has 2 rings (SSSR count). The third-order valence-electron chi connectivity index (χ3n) is 4.36. The van der Waals surface area contributed by atoms with Crippen molar-refractivity contribution in [2.45, 2.75) is 57.3 Å². The van der Waals surface area contributed by atoms with Crippen molar-refractivity contribution in [3.05, 3.63) is 46.0 Å². The number of nitrogens with zero attached hydrogens (tertiary/aromatic N) is 1. The summed E-state index contributed by atoms with van der Waals surface area (Å²) in [5.74, 6) is -0.0469. The second-order valence-electron chi connectivity index (χ2n) is 6.85. The molecule has 1 unspecified atom stereocenters. The summed E-state index contributed by atoms with van der Waals surface area (Å²) in [5, 5.41) is 47.2. The average Bonchev–Trinajstić information content (AvgIpc) is 2.69. The highest BCUT2D eigenvalue weighted by Crippen LogP contribution is 2.32. The second kappa shape index (κ2) is 12.7. The molecule has 0 aliphatic carbocycles. The molecule has 0 aliphatic rings. The lowest BCUT2D eigenvalue weighted by Gasteiger charge is -2.05. The summed E-state index contributed by atoms with van der Waals surface area (Å²) in [4.78, 5) is 9.80. The van der Waals surface area contributed by atoms with Crippen LogP contribution in [-0.2, 0) is 10.8 Å². The molecule has 9 heteroatoms. The molecule has 30 heavy (non-hydrogen) atoms. The van der Waals surface area contributed by atoms with E-state index in [0.29, 0.717) is 16.2 Å². The molecule has 0 spiro atoms. The standard InChI is InChI=1S/C14H22O3S.C7H7NO4/c1-2-3-4-5-6-7-10-18(17)14-11-12(15)8-9-13(14)16;1-4-2-7(10)5(8(11)12)3-6(4)9/h8-9,11,15-16H,2-7,10H2,1H3;2-3,9-10H,1H3. The largest absolute Gasteiger partial charge is 0.508 e. The summed E-state index contributed by atoms with van der Waals surface area (Å²) in [7, 11) is -1.22. The lowest BCUT2D eigenvalue weighted by molar-refractivity contribution is -0.385. The zero-order valence-electron chi connectivity index (χ0n) is 17.2. The molecule has 0 aromatic heterocycles. The van der Waals surface area contributed by atoms with Gasteiger partial charge in [0.05, 0.1) is 26.7 Å². The van der Waals surface area contributed by atoms with Crippen LogP contribution in [0.1, 0.15) is 51.0 Å². The van der Waals surface area contributed by atoms with Crippen LogP contribution in [0.25, 0.3) is 0 Å². The van der Waals surface area contributed by atoms with Gasteiger partial charge in [0.2, 0.25) is 0 Å². The van der Waals surface area contributed by atoms with Crippen molar-refractivity contribution >= 4 is 16.5 Å². The molecule has 0 saturated heterocycles. The molecule has 166 valence electrons. The van der Waals surface area contributed by atoms with E-state index in [2.05, 4.69) is 6.92 Å². The highest BCUT2D eigenvalue weighted by atomic mass is 32.2. The van der Waals surface area contributed by atoms with Gasteiger partial charge in [0.1, 0.15) is 17.2 Å². The Hall–Kier alpha value is -2.81. The minimum Gasteiger partial charge on any atom is -0.508 e. The zero-order chi connectivity index (χ0) is 22.7. The molecular formula is C21H29NO7S. The molecule has 0 bridgehead atoms. The molecule has 0 fully saturated rings. The van der Waals surface area contributed by atoms with E-state index < -0.39 is 27.2 Å². The van der Waals surface area contributed by atoms with E-state index in [4.69, 9.17) is 10.2 Å². The van der Waals surface area contributed by atoms with Crippen LogP contribution in [0.15, 0.2) is 35.2 Å². The number of nitro groups is 1. The van der Waals surface area contributed by atoms with Crippen molar-refractivity contribution in [2.75, 3.05) is 5.75 Å². The predicted octanol–water partition coefficient (Wildman–Crippen LogP) is 4.88. The Bertz CT molecular complexity index is 871. The molecule has 0 radical (unpaired) electrons. The molecule has 8 nitrogen and oxygen atoms in total. The van der Waals surface area contributed by atoms with E-state index in [1.54, 1.807) is 6.92 Å². The van der Waals surface area contributed by atoms with Crippen molar-refractivity contribution in [2.24, 2.45) is 0 Å². The van der Waals surface area contributed by atoms with Crippen LogP contribution >= 0.6 is 0 Å². The second-order valence-corrected chi connectivity index (χ2v) is 8.39. The molecule has 1 atom stereocenters. The van der Waals surface area contributed by atoms with Gasteiger partial charge in [-0.3, -0.25) is 14.3 Å². The van der Waals surface area contributed by atoms with Gasteiger partial charge in [-0.1, -0.05) is 39.0 Å². The Labute approximate surface area is 178 Å². The minimum atomic E-state index is -1.22. The number of phenols is 4. The van der Waals surface area contributed by atoms with E-state index in [9.17, 15) is 24.5 Å². The zero-order valence-corrected chi connectivity index (χ0v) is 18.0.